The van der Waals surface area contributed by atoms with Crippen LogP contribution in [-0.2, 0) is 9.53 Å². The van der Waals surface area contributed by atoms with Crippen LogP contribution in [0.25, 0.3) is 0 Å². The molecule has 1 saturated heterocycles. The Morgan fingerprint density at radius 1 is 1.30 bits per heavy atom. The van der Waals surface area contributed by atoms with Crippen LogP contribution in [0, 0.1) is 0 Å². The lowest BCUT2D eigenvalue weighted by Gasteiger charge is -2.29. The van der Waals surface area contributed by atoms with E-state index in [0.29, 0.717) is 31.5 Å². The first-order chi connectivity index (χ1) is 9.63. The van der Waals surface area contributed by atoms with Crippen molar-refractivity contribution in [3.05, 3.63) is 42.5 Å². The third kappa shape index (κ3) is 4.23. The van der Waals surface area contributed by atoms with Crippen LogP contribution in [0.2, 0.25) is 0 Å². The summed E-state index contributed by atoms with van der Waals surface area (Å²) >= 11 is 0. The van der Waals surface area contributed by atoms with Gasteiger partial charge in [0.25, 0.3) is 0 Å². The lowest BCUT2D eigenvalue weighted by molar-refractivity contribution is -0.119. The Morgan fingerprint density at radius 3 is 2.40 bits per heavy atom. The van der Waals surface area contributed by atoms with E-state index in [-0.39, 0.29) is 11.8 Å². The lowest BCUT2D eigenvalue weighted by atomic mass is 10.1. The number of methoxy groups -OCH3 is 1. The normalized spacial score (nSPS) is 14.1. The van der Waals surface area contributed by atoms with E-state index < -0.39 is 0 Å². The molecule has 0 bridgehead atoms. The Balaban J connectivity index is 0.000000612. The average molecular weight is 275 g/mol. The Bertz CT molecular complexity index is 472. The first kappa shape index (κ1) is 16.0. The van der Waals surface area contributed by atoms with Gasteiger partial charge in [-0.25, -0.2) is 4.79 Å². The molecule has 1 aliphatic rings. The number of Topliss-reactive ketones (excluding diaryl/α,β-unsaturated/α-hetero) is 1. The van der Waals surface area contributed by atoms with Crippen LogP contribution in [0.4, 0.5) is 5.69 Å². The molecule has 1 aromatic rings. The first-order valence-electron chi connectivity index (χ1n) is 6.65. The summed E-state index contributed by atoms with van der Waals surface area (Å²) in [5.41, 5.74) is 1.41. The van der Waals surface area contributed by atoms with Crippen LogP contribution < -0.4 is 4.90 Å². The number of allylic oxidation sites excluding steroid dienone is 1. The molecule has 0 N–H and O–H groups in total. The molecule has 1 aromatic carbocycles. The van der Waals surface area contributed by atoms with Crippen molar-refractivity contribution in [2.75, 3.05) is 25.1 Å². The molecule has 2 rings (SSSR count). The van der Waals surface area contributed by atoms with Crippen molar-refractivity contribution in [1.82, 2.24) is 0 Å². The SMILES string of the molecule is C=CC.COC(=O)c1ccccc1N1CCC(=O)CC1. The van der Waals surface area contributed by atoms with Crippen molar-refractivity contribution in [3.63, 3.8) is 0 Å². The molecule has 1 fully saturated rings. The smallest absolute Gasteiger partial charge is 0.339 e. The Labute approximate surface area is 120 Å². The molecular formula is C16H21NO3. The first-order valence-corrected chi connectivity index (χ1v) is 6.65. The molecule has 0 aliphatic carbocycles. The molecule has 108 valence electrons. The summed E-state index contributed by atoms with van der Waals surface area (Å²) in [6.07, 6.45) is 2.85. The number of rotatable bonds is 2. The van der Waals surface area contributed by atoms with Gasteiger partial charge in [0.1, 0.15) is 5.78 Å². The zero-order valence-corrected chi connectivity index (χ0v) is 12.1. The number of carbonyl (C=O) groups excluding carboxylic acids is 2. The number of anilines is 1. The molecule has 4 heteroatoms. The third-order valence-electron chi connectivity index (χ3n) is 2.97. The highest BCUT2D eigenvalue weighted by Gasteiger charge is 2.21. The second-order valence-electron chi connectivity index (χ2n) is 4.44. The van der Waals surface area contributed by atoms with Gasteiger partial charge in [0.05, 0.1) is 18.4 Å². The molecule has 4 nitrogen and oxygen atoms in total. The van der Waals surface area contributed by atoms with Gasteiger partial charge in [-0.15, -0.1) is 6.58 Å². The van der Waals surface area contributed by atoms with Crippen molar-refractivity contribution in [3.8, 4) is 0 Å². The van der Waals surface area contributed by atoms with Crippen LogP contribution in [0.5, 0.6) is 0 Å². The zero-order chi connectivity index (χ0) is 15.0. The molecular weight excluding hydrogens is 254 g/mol. The van der Waals surface area contributed by atoms with E-state index in [9.17, 15) is 9.59 Å². The van der Waals surface area contributed by atoms with Crippen LogP contribution in [-0.4, -0.2) is 32.0 Å². The van der Waals surface area contributed by atoms with Gasteiger partial charge in [0.15, 0.2) is 0 Å². The highest BCUT2D eigenvalue weighted by Crippen LogP contribution is 2.23. The maximum Gasteiger partial charge on any atom is 0.339 e. The van der Waals surface area contributed by atoms with Crippen LogP contribution in [0.1, 0.15) is 30.1 Å². The Hall–Kier alpha value is -2.10. The highest BCUT2D eigenvalue weighted by atomic mass is 16.5. The number of nitrogens with zero attached hydrogens (tertiary/aromatic N) is 1. The summed E-state index contributed by atoms with van der Waals surface area (Å²) in [5, 5.41) is 0. The Kier molecular flexibility index (Phi) is 6.50. The quantitative estimate of drug-likeness (QED) is 0.615. The summed E-state index contributed by atoms with van der Waals surface area (Å²) in [5.74, 6) is -0.0469. The summed E-state index contributed by atoms with van der Waals surface area (Å²) in [6.45, 7) is 6.60. The van der Waals surface area contributed by atoms with Gasteiger partial charge in [0.2, 0.25) is 0 Å². The molecule has 0 spiro atoms. The van der Waals surface area contributed by atoms with Gasteiger partial charge in [-0.1, -0.05) is 18.2 Å². The van der Waals surface area contributed by atoms with Gasteiger partial charge >= 0.3 is 5.97 Å². The molecule has 0 unspecified atom stereocenters. The maximum absolute atomic E-state index is 11.6. The minimum atomic E-state index is -0.336. The number of carbonyl (C=O) groups is 2. The monoisotopic (exact) mass is 275 g/mol. The highest BCUT2D eigenvalue weighted by molar-refractivity contribution is 5.96. The minimum Gasteiger partial charge on any atom is -0.465 e. The zero-order valence-electron chi connectivity index (χ0n) is 12.1. The topological polar surface area (TPSA) is 46.6 Å². The summed E-state index contributed by atoms with van der Waals surface area (Å²) < 4.78 is 4.76. The van der Waals surface area contributed by atoms with E-state index in [4.69, 9.17) is 4.74 Å². The molecule has 0 atom stereocenters. The number of benzene rings is 1. The molecule has 1 heterocycles. The summed E-state index contributed by atoms with van der Waals surface area (Å²) in [4.78, 5) is 24.9. The van der Waals surface area contributed by atoms with Crippen molar-refractivity contribution in [2.45, 2.75) is 19.8 Å². The fraction of sp³-hybridized carbons (Fsp3) is 0.375. The number of esters is 1. The van der Waals surface area contributed by atoms with E-state index in [0.717, 1.165) is 5.69 Å². The number of para-hydroxylation sites is 1. The summed E-state index contributed by atoms with van der Waals surface area (Å²) in [6, 6.07) is 7.34. The molecule has 0 radical (unpaired) electrons. The second kappa shape index (κ2) is 8.15. The fourth-order valence-electron chi connectivity index (χ4n) is 2.03. The predicted octanol–water partition coefficient (Wildman–Crippen LogP) is 2.83. The molecule has 20 heavy (non-hydrogen) atoms. The van der Waals surface area contributed by atoms with Crippen molar-refractivity contribution >= 4 is 17.4 Å². The third-order valence-corrected chi connectivity index (χ3v) is 2.97. The van der Waals surface area contributed by atoms with Crippen LogP contribution in [0.3, 0.4) is 0 Å². The number of ketones is 1. The number of hydrogen-bond donors (Lipinski definition) is 0. The number of piperidine rings is 1. The average Bonchev–Trinajstić information content (AvgIpc) is 2.48. The predicted molar refractivity (Wildman–Crippen MR) is 80.1 cm³/mol. The van der Waals surface area contributed by atoms with Gasteiger partial charge in [-0.3, -0.25) is 4.79 Å². The van der Waals surface area contributed by atoms with Gasteiger partial charge < -0.3 is 9.64 Å². The van der Waals surface area contributed by atoms with E-state index in [1.165, 1.54) is 7.11 Å². The number of ether oxygens (including phenoxy) is 1. The van der Waals surface area contributed by atoms with E-state index >= 15 is 0 Å². The van der Waals surface area contributed by atoms with E-state index in [1.807, 2.05) is 25.1 Å². The van der Waals surface area contributed by atoms with Crippen molar-refractivity contribution < 1.29 is 14.3 Å². The lowest BCUT2D eigenvalue weighted by Crippen LogP contribution is -2.34. The van der Waals surface area contributed by atoms with Crippen LogP contribution >= 0.6 is 0 Å². The fourth-order valence-corrected chi connectivity index (χ4v) is 2.03. The van der Waals surface area contributed by atoms with E-state index in [1.54, 1.807) is 12.1 Å². The van der Waals surface area contributed by atoms with E-state index in [2.05, 4.69) is 11.5 Å². The largest absolute Gasteiger partial charge is 0.465 e. The minimum absolute atomic E-state index is 0.289. The van der Waals surface area contributed by atoms with Crippen molar-refractivity contribution in [1.29, 1.82) is 0 Å². The van der Waals surface area contributed by atoms with Crippen LogP contribution in [0.15, 0.2) is 36.9 Å². The van der Waals surface area contributed by atoms with Gasteiger partial charge in [0, 0.05) is 25.9 Å². The van der Waals surface area contributed by atoms with Gasteiger partial charge in [-0.05, 0) is 19.1 Å². The molecule has 0 amide bonds. The summed E-state index contributed by atoms with van der Waals surface area (Å²) in [7, 11) is 1.37. The Morgan fingerprint density at radius 2 is 1.85 bits per heavy atom. The molecule has 0 saturated carbocycles. The van der Waals surface area contributed by atoms with Gasteiger partial charge in [-0.2, -0.15) is 0 Å². The van der Waals surface area contributed by atoms with Crippen molar-refractivity contribution in [2.24, 2.45) is 0 Å². The number of hydrogen-bond acceptors (Lipinski definition) is 4. The second-order valence-corrected chi connectivity index (χ2v) is 4.44. The maximum atomic E-state index is 11.6. The molecule has 0 aromatic heterocycles. The standard InChI is InChI=1S/C13H15NO3.C3H6/c1-17-13(16)11-4-2-3-5-12(11)14-8-6-10(15)7-9-14;1-3-2/h2-5H,6-9H2,1H3;3H,1H2,2H3. The molecule has 1 aliphatic heterocycles.